The molecule has 3 heterocycles. The fourth-order valence-corrected chi connectivity index (χ4v) is 4.33. The van der Waals surface area contributed by atoms with Crippen molar-refractivity contribution in [2.45, 2.75) is 57.5 Å². The van der Waals surface area contributed by atoms with Crippen molar-refractivity contribution >= 4 is 17.2 Å². The van der Waals surface area contributed by atoms with Gasteiger partial charge in [0, 0.05) is 18.7 Å². The molecule has 6 heteroatoms. The summed E-state index contributed by atoms with van der Waals surface area (Å²) in [5, 5.41) is 5.52. The summed E-state index contributed by atoms with van der Waals surface area (Å²) >= 11 is 1.59. The minimum atomic E-state index is 0.156. The van der Waals surface area contributed by atoms with Crippen LogP contribution in [0.1, 0.15) is 58.3 Å². The van der Waals surface area contributed by atoms with Crippen molar-refractivity contribution in [2.75, 3.05) is 6.54 Å². The predicted octanol–water partition coefficient (Wildman–Crippen LogP) is 3.22. The zero-order valence-corrected chi connectivity index (χ0v) is 14.3. The van der Waals surface area contributed by atoms with Gasteiger partial charge in [-0.3, -0.25) is 9.48 Å². The zero-order chi connectivity index (χ0) is 15.8. The summed E-state index contributed by atoms with van der Waals surface area (Å²) in [5.41, 5.74) is 1.16. The van der Waals surface area contributed by atoms with Crippen LogP contribution in [0.25, 0.3) is 0 Å². The van der Waals surface area contributed by atoms with Crippen LogP contribution in [0.5, 0.6) is 0 Å². The molecule has 2 fully saturated rings. The minimum absolute atomic E-state index is 0.156. The molecule has 2 aromatic heterocycles. The third-order valence-corrected chi connectivity index (χ3v) is 5.86. The van der Waals surface area contributed by atoms with E-state index in [1.54, 1.807) is 17.5 Å². The van der Waals surface area contributed by atoms with Gasteiger partial charge in [-0.15, -0.1) is 11.3 Å². The third kappa shape index (κ3) is 3.17. The fraction of sp³-hybridized carbons (Fsp3) is 0.588. The molecule has 1 saturated carbocycles. The van der Waals surface area contributed by atoms with E-state index in [2.05, 4.69) is 16.3 Å². The number of aryl methyl sites for hydroxylation is 1. The lowest BCUT2D eigenvalue weighted by Crippen LogP contribution is -2.45. The number of thiazole rings is 1. The van der Waals surface area contributed by atoms with Gasteiger partial charge in [-0.05, 0) is 44.6 Å². The molecule has 1 saturated heterocycles. The second-order valence-corrected chi connectivity index (χ2v) is 7.79. The average Bonchev–Trinajstić information content (AvgIpc) is 3.15. The van der Waals surface area contributed by atoms with Crippen LogP contribution in [0.3, 0.4) is 0 Å². The highest BCUT2D eigenvalue weighted by Gasteiger charge is 2.31. The molecule has 2 aliphatic rings. The first-order chi connectivity index (χ1) is 11.2. The van der Waals surface area contributed by atoms with E-state index in [1.165, 1.54) is 19.3 Å². The monoisotopic (exact) mass is 330 g/mol. The highest BCUT2D eigenvalue weighted by Crippen LogP contribution is 2.42. The van der Waals surface area contributed by atoms with Crippen molar-refractivity contribution in [1.29, 1.82) is 0 Å². The van der Waals surface area contributed by atoms with E-state index in [0.717, 1.165) is 41.4 Å². The predicted molar refractivity (Wildman–Crippen MR) is 89.7 cm³/mol. The molecule has 2 aromatic rings. The quantitative estimate of drug-likeness (QED) is 0.865. The highest BCUT2D eigenvalue weighted by atomic mass is 32.1. The first kappa shape index (κ1) is 14.9. The van der Waals surface area contributed by atoms with Crippen LogP contribution >= 0.6 is 11.3 Å². The van der Waals surface area contributed by atoms with Crippen LogP contribution in [0.4, 0.5) is 0 Å². The van der Waals surface area contributed by atoms with Crippen LogP contribution in [-0.4, -0.2) is 38.2 Å². The van der Waals surface area contributed by atoms with Gasteiger partial charge in [0.1, 0.15) is 4.88 Å². The first-order valence-corrected chi connectivity index (χ1v) is 9.28. The highest BCUT2D eigenvalue weighted by molar-refractivity contribution is 7.13. The molecule has 0 radical (unpaired) electrons. The standard InChI is InChI=1S/C17H22N4OS/c1-12-8-19-20(10-12)11-14-4-2-3-7-21(14)17(22)15-9-18-16(23-15)13-5-6-13/h8-10,13-14H,2-7,11H2,1H3. The maximum Gasteiger partial charge on any atom is 0.265 e. The van der Waals surface area contributed by atoms with E-state index in [0.29, 0.717) is 5.92 Å². The molecule has 0 bridgehead atoms. The van der Waals surface area contributed by atoms with Gasteiger partial charge in [-0.25, -0.2) is 4.98 Å². The summed E-state index contributed by atoms with van der Waals surface area (Å²) in [6.07, 6.45) is 11.5. The molecule has 1 aliphatic heterocycles. The van der Waals surface area contributed by atoms with Gasteiger partial charge in [0.2, 0.25) is 0 Å². The summed E-state index contributed by atoms with van der Waals surface area (Å²) in [4.78, 5) is 20.2. The summed E-state index contributed by atoms with van der Waals surface area (Å²) in [6.45, 7) is 3.68. The molecule has 0 N–H and O–H groups in total. The lowest BCUT2D eigenvalue weighted by Gasteiger charge is -2.35. The van der Waals surface area contributed by atoms with Crippen molar-refractivity contribution in [2.24, 2.45) is 0 Å². The Kier molecular flexibility index (Phi) is 3.93. The van der Waals surface area contributed by atoms with Crippen molar-refractivity contribution in [3.8, 4) is 0 Å². The largest absolute Gasteiger partial charge is 0.333 e. The van der Waals surface area contributed by atoms with Crippen molar-refractivity contribution in [1.82, 2.24) is 19.7 Å². The molecular weight excluding hydrogens is 308 g/mol. The Bertz CT molecular complexity index is 703. The Morgan fingerprint density at radius 3 is 2.91 bits per heavy atom. The molecule has 5 nitrogen and oxygen atoms in total. The summed E-state index contributed by atoms with van der Waals surface area (Å²) < 4.78 is 1.97. The number of amides is 1. The van der Waals surface area contributed by atoms with Gasteiger partial charge in [0.05, 0.1) is 30.0 Å². The van der Waals surface area contributed by atoms with Gasteiger partial charge >= 0.3 is 0 Å². The SMILES string of the molecule is Cc1cnn(CC2CCCCN2C(=O)c2cnc(C3CC3)s2)c1. The Labute approximate surface area is 140 Å². The van der Waals surface area contributed by atoms with E-state index in [9.17, 15) is 4.79 Å². The zero-order valence-electron chi connectivity index (χ0n) is 13.4. The summed E-state index contributed by atoms with van der Waals surface area (Å²) in [6, 6.07) is 0.238. The Hall–Kier alpha value is -1.69. The molecule has 1 atom stereocenters. The molecule has 1 aliphatic carbocycles. The number of likely N-dealkylation sites (tertiary alicyclic amines) is 1. The van der Waals surface area contributed by atoms with Crippen LogP contribution < -0.4 is 0 Å². The van der Waals surface area contributed by atoms with Gasteiger partial charge in [-0.2, -0.15) is 5.10 Å². The van der Waals surface area contributed by atoms with Crippen molar-refractivity contribution < 1.29 is 4.79 Å². The number of nitrogens with zero attached hydrogens (tertiary/aromatic N) is 4. The van der Waals surface area contributed by atoms with E-state index < -0.39 is 0 Å². The topological polar surface area (TPSA) is 51.0 Å². The van der Waals surface area contributed by atoms with E-state index in [-0.39, 0.29) is 11.9 Å². The Morgan fingerprint density at radius 1 is 1.30 bits per heavy atom. The van der Waals surface area contributed by atoms with Gasteiger partial charge < -0.3 is 4.90 Å². The molecule has 23 heavy (non-hydrogen) atoms. The van der Waals surface area contributed by atoms with Crippen molar-refractivity contribution in [3.05, 3.63) is 34.0 Å². The Morgan fingerprint density at radius 2 is 2.17 bits per heavy atom. The third-order valence-electron chi connectivity index (χ3n) is 4.71. The van der Waals surface area contributed by atoms with Crippen LogP contribution in [-0.2, 0) is 6.54 Å². The van der Waals surface area contributed by atoms with E-state index in [1.807, 2.05) is 22.7 Å². The van der Waals surface area contributed by atoms with Crippen LogP contribution in [0, 0.1) is 6.92 Å². The van der Waals surface area contributed by atoms with E-state index in [4.69, 9.17) is 0 Å². The van der Waals surface area contributed by atoms with Gasteiger partial charge in [-0.1, -0.05) is 0 Å². The number of hydrogen-bond acceptors (Lipinski definition) is 4. The molecule has 0 spiro atoms. The normalized spacial score (nSPS) is 21.6. The second-order valence-electron chi connectivity index (χ2n) is 6.72. The second kappa shape index (κ2) is 6.07. The Balaban J connectivity index is 1.50. The average molecular weight is 330 g/mol. The van der Waals surface area contributed by atoms with Gasteiger partial charge in [0.15, 0.2) is 0 Å². The molecule has 122 valence electrons. The maximum absolute atomic E-state index is 12.9. The molecular formula is C17H22N4OS. The molecule has 0 aromatic carbocycles. The molecule has 4 rings (SSSR count). The number of carbonyl (C=O) groups is 1. The number of rotatable bonds is 4. The van der Waals surface area contributed by atoms with Crippen molar-refractivity contribution in [3.63, 3.8) is 0 Å². The van der Waals surface area contributed by atoms with Gasteiger partial charge in [0.25, 0.3) is 5.91 Å². The smallest absolute Gasteiger partial charge is 0.265 e. The number of carbonyl (C=O) groups excluding carboxylic acids is 1. The van der Waals surface area contributed by atoms with Crippen LogP contribution in [0.2, 0.25) is 0 Å². The minimum Gasteiger partial charge on any atom is -0.333 e. The number of piperidine rings is 1. The number of hydrogen-bond donors (Lipinski definition) is 0. The summed E-state index contributed by atoms with van der Waals surface area (Å²) in [7, 11) is 0. The molecule has 1 amide bonds. The lowest BCUT2D eigenvalue weighted by atomic mass is 10.0. The molecule has 1 unspecified atom stereocenters. The summed E-state index contributed by atoms with van der Waals surface area (Å²) in [5.74, 6) is 0.772. The van der Waals surface area contributed by atoms with Crippen LogP contribution in [0.15, 0.2) is 18.6 Å². The maximum atomic E-state index is 12.9. The number of aromatic nitrogens is 3. The van der Waals surface area contributed by atoms with E-state index >= 15 is 0 Å². The lowest BCUT2D eigenvalue weighted by molar-refractivity contribution is 0.0588. The fourth-order valence-electron chi connectivity index (χ4n) is 3.29. The first-order valence-electron chi connectivity index (χ1n) is 8.46.